The number of furan rings is 1. The standard InChI is InChI=1S/C21H15NO2S/c1-14-20(25-21(22-14)15-7-3-2-4-8-15)18(23)12-11-17-13-16-9-5-6-10-19(16)24-17/h2-13H,1H3/b12-11-. The quantitative estimate of drug-likeness (QED) is 0.349. The van der Waals surface area contributed by atoms with Gasteiger partial charge in [0.1, 0.15) is 16.4 Å². The number of nitrogens with zero attached hydrogens (tertiary/aromatic N) is 1. The monoisotopic (exact) mass is 345 g/mol. The minimum atomic E-state index is -0.0577. The first-order chi connectivity index (χ1) is 12.2. The molecule has 2 aromatic heterocycles. The summed E-state index contributed by atoms with van der Waals surface area (Å²) >= 11 is 1.42. The van der Waals surface area contributed by atoms with Crippen LogP contribution in [-0.2, 0) is 0 Å². The Labute approximate surface area is 149 Å². The summed E-state index contributed by atoms with van der Waals surface area (Å²) in [6.07, 6.45) is 3.26. The maximum absolute atomic E-state index is 12.5. The van der Waals surface area contributed by atoms with E-state index in [1.165, 1.54) is 11.3 Å². The van der Waals surface area contributed by atoms with Crippen molar-refractivity contribution in [1.29, 1.82) is 0 Å². The third kappa shape index (κ3) is 3.16. The van der Waals surface area contributed by atoms with Gasteiger partial charge in [0, 0.05) is 10.9 Å². The van der Waals surface area contributed by atoms with Crippen molar-refractivity contribution >= 4 is 34.2 Å². The molecule has 4 rings (SSSR count). The Morgan fingerprint density at radius 2 is 1.84 bits per heavy atom. The van der Waals surface area contributed by atoms with E-state index in [1.54, 1.807) is 12.2 Å². The fourth-order valence-electron chi connectivity index (χ4n) is 2.65. The minimum absolute atomic E-state index is 0.0577. The molecule has 0 aliphatic carbocycles. The summed E-state index contributed by atoms with van der Waals surface area (Å²) in [4.78, 5) is 17.7. The first kappa shape index (κ1) is 15.5. The Bertz CT molecular complexity index is 1040. The van der Waals surface area contributed by atoms with Gasteiger partial charge in [0.15, 0.2) is 5.78 Å². The van der Waals surface area contributed by atoms with Crippen molar-refractivity contribution in [2.75, 3.05) is 0 Å². The number of para-hydroxylation sites is 1. The number of hydrogen-bond acceptors (Lipinski definition) is 4. The first-order valence-electron chi connectivity index (χ1n) is 7.94. The van der Waals surface area contributed by atoms with Gasteiger partial charge in [-0.25, -0.2) is 4.98 Å². The van der Waals surface area contributed by atoms with Crippen LogP contribution in [0.5, 0.6) is 0 Å². The molecular formula is C21H15NO2S. The van der Waals surface area contributed by atoms with Gasteiger partial charge >= 0.3 is 0 Å². The van der Waals surface area contributed by atoms with Crippen molar-refractivity contribution in [1.82, 2.24) is 4.98 Å². The third-order valence-corrected chi connectivity index (χ3v) is 5.11. The van der Waals surface area contributed by atoms with Gasteiger partial charge in [0.2, 0.25) is 0 Å². The highest BCUT2D eigenvalue weighted by Gasteiger charge is 2.14. The molecule has 0 aliphatic rings. The van der Waals surface area contributed by atoms with E-state index < -0.39 is 0 Å². The van der Waals surface area contributed by atoms with Gasteiger partial charge in [0.05, 0.1) is 10.6 Å². The summed E-state index contributed by atoms with van der Waals surface area (Å²) in [7, 11) is 0. The van der Waals surface area contributed by atoms with Crippen molar-refractivity contribution in [2.24, 2.45) is 0 Å². The average Bonchev–Trinajstić information content (AvgIpc) is 3.23. The molecule has 0 saturated heterocycles. The van der Waals surface area contributed by atoms with Crippen LogP contribution in [0.3, 0.4) is 0 Å². The highest BCUT2D eigenvalue weighted by molar-refractivity contribution is 7.17. The number of hydrogen-bond donors (Lipinski definition) is 0. The maximum atomic E-state index is 12.5. The molecule has 122 valence electrons. The summed E-state index contributed by atoms with van der Waals surface area (Å²) in [6, 6.07) is 19.6. The van der Waals surface area contributed by atoms with Crippen LogP contribution in [0.25, 0.3) is 27.6 Å². The van der Waals surface area contributed by atoms with Gasteiger partial charge in [-0.1, -0.05) is 48.5 Å². The highest BCUT2D eigenvalue weighted by atomic mass is 32.1. The van der Waals surface area contributed by atoms with E-state index in [4.69, 9.17) is 4.42 Å². The molecule has 0 radical (unpaired) electrons. The second kappa shape index (κ2) is 6.49. The van der Waals surface area contributed by atoms with E-state index in [0.29, 0.717) is 10.6 Å². The Kier molecular flexibility index (Phi) is 4.04. The lowest BCUT2D eigenvalue weighted by molar-refractivity contribution is 0.105. The van der Waals surface area contributed by atoms with Crippen molar-refractivity contribution in [2.45, 2.75) is 6.92 Å². The number of rotatable bonds is 4. The summed E-state index contributed by atoms with van der Waals surface area (Å²) in [6.45, 7) is 1.87. The van der Waals surface area contributed by atoms with Crippen molar-refractivity contribution < 1.29 is 9.21 Å². The van der Waals surface area contributed by atoms with Gasteiger partial charge in [-0.3, -0.25) is 4.79 Å². The predicted molar refractivity (Wildman–Crippen MR) is 102 cm³/mol. The molecule has 0 aliphatic heterocycles. The normalized spacial score (nSPS) is 11.4. The molecule has 2 heterocycles. The van der Waals surface area contributed by atoms with Crippen LogP contribution >= 0.6 is 11.3 Å². The summed E-state index contributed by atoms with van der Waals surface area (Å²) in [5, 5.41) is 1.88. The van der Waals surface area contributed by atoms with Crippen LogP contribution in [0.2, 0.25) is 0 Å². The zero-order chi connectivity index (χ0) is 17.2. The smallest absolute Gasteiger partial charge is 0.197 e. The van der Waals surface area contributed by atoms with Crippen LogP contribution in [0.15, 0.2) is 71.2 Å². The molecule has 0 fully saturated rings. The van der Waals surface area contributed by atoms with Gasteiger partial charge in [0.25, 0.3) is 0 Å². The molecule has 0 saturated carbocycles. The van der Waals surface area contributed by atoms with Gasteiger partial charge in [-0.2, -0.15) is 0 Å². The number of ketones is 1. The van der Waals surface area contributed by atoms with Gasteiger partial charge < -0.3 is 4.42 Å². The molecule has 4 heteroatoms. The fourth-order valence-corrected chi connectivity index (χ4v) is 3.64. The number of allylic oxidation sites excluding steroid dienone is 1. The van der Waals surface area contributed by atoms with Crippen molar-refractivity contribution in [3.8, 4) is 10.6 Å². The molecule has 3 nitrogen and oxygen atoms in total. The predicted octanol–water partition coefficient (Wildman–Crippen LogP) is 5.76. The second-order valence-electron chi connectivity index (χ2n) is 5.68. The molecule has 2 aromatic carbocycles. The summed E-state index contributed by atoms with van der Waals surface area (Å²) < 4.78 is 5.71. The topological polar surface area (TPSA) is 43.1 Å². The Morgan fingerprint density at radius 1 is 1.08 bits per heavy atom. The second-order valence-corrected chi connectivity index (χ2v) is 6.68. The largest absolute Gasteiger partial charge is 0.457 e. The van der Waals surface area contributed by atoms with E-state index in [9.17, 15) is 4.79 Å². The summed E-state index contributed by atoms with van der Waals surface area (Å²) in [5.74, 6) is 0.609. The number of thiazole rings is 1. The molecular weight excluding hydrogens is 330 g/mol. The van der Waals surface area contributed by atoms with Crippen LogP contribution in [-0.4, -0.2) is 10.8 Å². The molecule has 0 bridgehead atoms. The fraction of sp³-hybridized carbons (Fsp3) is 0.0476. The third-order valence-electron chi connectivity index (χ3n) is 3.88. The Hall–Kier alpha value is -2.98. The SMILES string of the molecule is Cc1nc(-c2ccccc2)sc1C(=O)/C=C\c1cc2ccccc2o1. The van der Waals surface area contributed by atoms with Crippen LogP contribution in [0.4, 0.5) is 0 Å². The zero-order valence-corrected chi connectivity index (χ0v) is 14.4. The van der Waals surface area contributed by atoms with E-state index in [0.717, 1.165) is 27.2 Å². The maximum Gasteiger partial charge on any atom is 0.197 e. The number of carbonyl (C=O) groups is 1. The van der Waals surface area contributed by atoms with E-state index in [1.807, 2.05) is 67.6 Å². The number of fused-ring (bicyclic) bond motifs is 1. The highest BCUT2D eigenvalue weighted by Crippen LogP contribution is 2.28. The molecule has 4 aromatic rings. The zero-order valence-electron chi connectivity index (χ0n) is 13.6. The lowest BCUT2D eigenvalue weighted by atomic mass is 10.2. The number of aromatic nitrogens is 1. The number of aryl methyl sites for hydroxylation is 1. The molecule has 0 N–H and O–H groups in total. The van der Waals surface area contributed by atoms with E-state index in [-0.39, 0.29) is 5.78 Å². The Balaban J connectivity index is 1.59. The number of benzene rings is 2. The lowest BCUT2D eigenvalue weighted by Gasteiger charge is -1.92. The molecule has 0 spiro atoms. The summed E-state index contributed by atoms with van der Waals surface area (Å²) in [5.41, 5.74) is 2.59. The van der Waals surface area contributed by atoms with E-state index >= 15 is 0 Å². The molecule has 0 amide bonds. The molecule has 0 atom stereocenters. The average molecular weight is 345 g/mol. The van der Waals surface area contributed by atoms with Crippen molar-refractivity contribution in [3.63, 3.8) is 0 Å². The van der Waals surface area contributed by atoms with Crippen LogP contribution < -0.4 is 0 Å². The van der Waals surface area contributed by atoms with Gasteiger partial charge in [-0.05, 0) is 31.2 Å². The lowest BCUT2D eigenvalue weighted by Crippen LogP contribution is -1.92. The minimum Gasteiger partial charge on any atom is -0.457 e. The number of carbonyl (C=O) groups excluding carboxylic acids is 1. The Morgan fingerprint density at radius 3 is 2.64 bits per heavy atom. The van der Waals surface area contributed by atoms with E-state index in [2.05, 4.69) is 4.98 Å². The molecule has 25 heavy (non-hydrogen) atoms. The van der Waals surface area contributed by atoms with Crippen molar-refractivity contribution in [3.05, 3.63) is 83.1 Å². The molecule has 0 unspecified atom stereocenters. The van der Waals surface area contributed by atoms with Gasteiger partial charge in [-0.15, -0.1) is 11.3 Å². The van der Waals surface area contributed by atoms with Crippen LogP contribution in [0.1, 0.15) is 21.1 Å². The first-order valence-corrected chi connectivity index (χ1v) is 8.76. The van der Waals surface area contributed by atoms with Crippen LogP contribution in [0, 0.1) is 6.92 Å².